The lowest BCUT2D eigenvalue weighted by Crippen LogP contribution is -2.31. The van der Waals surface area contributed by atoms with Gasteiger partial charge in [0.15, 0.2) is 0 Å². The van der Waals surface area contributed by atoms with Gasteiger partial charge >= 0.3 is 0 Å². The number of hydrogen-bond donors (Lipinski definition) is 0. The molecule has 3 aromatic rings. The second-order valence-corrected chi connectivity index (χ2v) is 15.5. The molecule has 0 saturated carbocycles. The maximum atomic E-state index is 6.35. The third-order valence-corrected chi connectivity index (χ3v) is 10.1. The molecule has 0 heterocycles. The van der Waals surface area contributed by atoms with Gasteiger partial charge in [-0.1, -0.05) is 54.6 Å². The predicted molar refractivity (Wildman–Crippen MR) is 112 cm³/mol. The summed E-state index contributed by atoms with van der Waals surface area (Å²) in [6, 6.07) is 30.2. The zero-order chi connectivity index (χ0) is 17.0. The number of hydrogen-bond acceptors (Lipinski definition) is 2. The standard InChI is InChI=1S/C18H15Cl2OP2S/c19-23(20,24)21-22(16-10-4-1-5-11-16,17-12-6-2-7-13-17)18-14-8-3-9-15-18/h1-15H/q+1. The summed E-state index contributed by atoms with van der Waals surface area (Å²) in [5.41, 5.74) is 0. The lowest BCUT2D eigenvalue weighted by atomic mass is 10.4. The molecule has 0 N–H and O–H groups in total. The normalized spacial score (nSPS) is 12.1. The number of rotatable bonds is 5. The molecule has 0 atom stereocenters. The summed E-state index contributed by atoms with van der Waals surface area (Å²) < 4.78 is 6.35. The van der Waals surface area contributed by atoms with Crippen LogP contribution in [0.2, 0.25) is 0 Å². The minimum Gasteiger partial charge on any atom is -0.163 e. The van der Waals surface area contributed by atoms with E-state index < -0.39 is 12.5 Å². The molecule has 0 aliphatic rings. The van der Waals surface area contributed by atoms with Crippen LogP contribution in [0.3, 0.4) is 0 Å². The van der Waals surface area contributed by atoms with Crippen molar-refractivity contribution in [2.45, 2.75) is 0 Å². The van der Waals surface area contributed by atoms with Gasteiger partial charge in [-0.3, -0.25) is 0 Å². The molecule has 24 heavy (non-hydrogen) atoms. The van der Waals surface area contributed by atoms with E-state index in [0.717, 1.165) is 15.9 Å². The molecule has 3 rings (SSSR count). The van der Waals surface area contributed by atoms with E-state index in [2.05, 4.69) is 0 Å². The molecule has 0 bridgehead atoms. The van der Waals surface area contributed by atoms with Crippen molar-refractivity contribution in [2.75, 3.05) is 0 Å². The van der Waals surface area contributed by atoms with Crippen LogP contribution in [0.15, 0.2) is 91.0 Å². The monoisotopic (exact) mass is 411 g/mol. The fourth-order valence-electron chi connectivity index (χ4n) is 2.64. The number of halogens is 2. The van der Waals surface area contributed by atoms with Gasteiger partial charge in [-0.2, -0.15) is 4.31 Å². The third kappa shape index (κ3) is 3.92. The summed E-state index contributed by atoms with van der Waals surface area (Å²) in [5, 5.41) is 3.12. The van der Waals surface area contributed by atoms with E-state index in [-0.39, 0.29) is 0 Å². The minimum absolute atomic E-state index is 1.04. The molecule has 3 aromatic carbocycles. The molecule has 6 heteroatoms. The fraction of sp³-hybridized carbons (Fsp3) is 0. The first-order chi connectivity index (χ1) is 11.5. The van der Waals surface area contributed by atoms with Gasteiger partial charge in [-0.05, 0) is 70.7 Å². The van der Waals surface area contributed by atoms with Crippen molar-refractivity contribution in [2.24, 2.45) is 0 Å². The van der Waals surface area contributed by atoms with Crippen LogP contribution in [0.4, 0.5) is 0 Å². The van der Waals surface area contributed by atoms with Crippen LogP contribution in [-0.4, -0.2) is 0 Å². The quantitative estimate of drug-likeness (QED) is 0.504. The molecule has 0 amide bonds. The summed E-state index contributed by atoms with van der Waals surface area (Å²) in [4.78, 5) is -2.96. The van der Waals surface area contributed by atoms with Gasteiger partial charge in [0.1, 0.15) is 15.9 Å². The van der Waals surface area contributed by atoms with Gasteiger partial charge in [-0.15, -0.1) is 0 Å². The zero-order valence-corrected chi connectivity index (χ0v) is 16.7. The first-order valence-electron chi connectivity index (χ1n) is 7.29. The topological polar surface area (TPSA) is 9.23 Å². The summed E-state index contributed by atoms with van der Waals surface area (Å²) >= 11 is 17.8. The molecule has 1 nitrogen and oxygen atoms in total. The van der Waals surface area contributed by atoms with Crippen LogP contribution in [0.1, 0.15) is 0 Å². The molecule has 0 saturated heterocycles. The van der Waals surface area contributed by atoms with Gasteiger partial charge in [0.05, 0.1) is 0 Å². The highest BCUT2D eigenvalue weighted by Gasteiger charge is 2.51. The largest absolute Gasteiger partial charge is 0.283 e. The Kier molecular flexibility index (Phi) is 5.78. The molecule has 0 fully saturated rings. The molecule has 0 aliphatic heterocycles. The Balaban J connectivity index is 2.35. The lowest BCUT2D eigenvalue weighted by molar-refractivity contribution is 0.716. The Hall–Kier alpha value is -0.720. The maximum Gasteiger partial charge on any atom is 0.283 e. The summed E-state index contributed by atoms with van der Waals surface area (Å²) in [6.45, 7) is 0. The average molecular weight is 412 g/mol. The first kappa shape index (κ1) is 18.1. The molecule has 0 aliphatic carbocycles. The van der Waals surface area contributed by atoms with Crippen molar-refractivity contribution in [1.82, 2.24) is 0 Å². The Labute approximate surface area is 157 Å². The second-order valence-electron chi connectivity index (χ2n) is 5.11. The molecule has 0 radical (unpaired) electrons. The first-order valence-corrected chi connectivity index (χ1v) is 13.5. The van der Waals surface area contributed by atoms with Crippen LogP contribution < -0.4 is 15.9 Å². The van der Waals surface area contributed by atoms with Crippen molar-refractivity contribution < 1.29 is 4.31 Å². The second kappa shape index (κ2) is 7.67. The highest BCUT2D eigenvalue weighted by Crippen LogP contribution is 2.73. The van der Waals surface area contributed by atoms with E-state index in [1.807, 2.05) is 91.0 Å². The smallest absolute Gasteiger partial charge is 0.163 e. The minimum atomic E-state index is -2.96. The molecule has 0 aromatic heterocycles. The summed E-state index contributed by atoms with van der Waals surface area (Å²) in [7, 11) is -2.49. The Morgan fingerprint density at radius 2 is 0.917 bits per heavy atom. The average Bonchev–Trinajstić information content (AvgIpc) is 2.61. The molecular formula is C18H15Cl2OP2S+. The van der Waals surface area contributed by atoms with Crippen molar-refractivity contribution in [1.29, 1.82) is 0 Å². The molecule has 122 valence electrons. The van der Waals surface area contributed by atoms with Gasteiger partial charge < -0.3 is 0 Å². The van der Waals surface area contributed by atoms with Crippen LogP contribution in [0, 0.1) is 0 Å². The van der Waals surface area contributed by atoms with E-state index in [9.17, 15) is 0 Å². The van der Waals surface area contributed by atoms with Gasteiger partial charge in [0.25, 0.3) is 12.5 Å². The molecule has 0 unspecified atom stereocenters. The maximum absolute atomic E-state index is 6.35. The zero-order valence-electron chi connectivity index (χ0n) is 12.6. The van der Waals surface area contributed by atoms with Crippen molar-refractivity contribution in [3.05, 3.63) is 91.0 Å². The van der Waals surface area contributed by atoms with Gasteiger partial charge in [0, 0.05) is 0 Å². The third-order valence-electron chi connectivity index (χ3n) is 3.58. The summed E-state index contributed by atoms with van der Waals surface area (Å²) in [6.07, 6.45) is 0. The van der Waals surface area contributed by atoms with E-state index in [4.69, 9.17) is 38.6 Å². The van der Waals surface area contributed by atoms with Gasteiger partial charge in [0.2, 0.25) is 0 Å². The van der Waals surface area contributed by atoms with E-state index >= 15 is 0 Å². The molecule has 0 spiro atoms. The number of benzene rings is 3. The van der Waals surface area contributed by atoms with Crippen molar-refractivity contribution in [3.8, 4) is 0 Å². The van der Waals surface area contributed by atoms with Gasteiger partial charge in [-0.25, -0.2) is 0 Å². The highest BCUT2D eigenvalue weighted by molar-refractivity contribution is 8.38. The predicted octanol–water partition coefficient (Wildman–Crippen LogP) is 5.61. The van der Waals surface area contributed by atoms with Crippen molar-refractivity contribution >= 4 is 62.7 Å². The van der Waals surface area contributed by atoms with Crippen LogP contribution in [0.25, 0.3) is 0 Å². The van der Waals surface area contributed by atoms with E-state index in [1.165, 1.54) is 0 Å². The Morgan fingerprint density at radius 3 is 1.17 bits per heavy atom. The van der Waals surface area contributed by atoms with Crippen LogP contribution in [0.5, 0.6) is 0 Å². The molecular weight excluding hydrogens is 397 g/mol. The SMILES string of the molecule is S=P(Cl)(Cl)O[P+](c1ccccc1)(c1ccccc1)c1ccccc1. The van der Waals surface area contributed by atoms with Crippen molar-refractivity contribution in [3.63, 3.8) is 0 Å². The van der Waals surface area contributed by atoms with E-state index in [1.54, 1.807) is 0 Å². The highest BCUT2D eigenvalue weighted by atomic mass is 35.9. The summed E-state index contributed by atoms with van der Waals surface area (Å²) in [5.74, 6) is 0. The van der Waals surface area contributed by atoms with E-state index in [0.29, 0.717) is 0 Å². The van der Waals surface area contributed by atoms with Crippen LogP contribution in [-0.2, 0) is 16.1 Å². The van der Waals surface area contributed by atoms with Crippen LogP contribution >= 0.6 is 34.9 Å². The fourth-order valence-corrected chi connectivity index (χ4v) is 10.2. The Morgan fingerprint density at radius 1 is 0.625 bits per heavy atom. The Bertz CT molecular complexity index is 742. The lowest BCUT2D eigenvalue weighted by Gasteiger charge is -2.26.